The number of carbonyl (C=O) groups excluding carboxylic acids is 2. The van der Waals surface area contributed by atoms with Crippen LogP contribution in [0.1, 0.15) is 21.7 Å². The maximum absolute atomic E-state index is 12.5. The molecule has 0 aromatic carbocycles. The second-order valence-electron chi connectivity index (χ2n) is 5.85. The smallest absolute Gasteiger partial charge is 0.255 e. The molecule has 3 heterocycles. The lowest BCUT2D eigenvalue weighted by Crippen LogP contribution is -2.37. The van der Waals surface area contributed by atoms with Crippen molar-refractivity contribution in [2.45, 2.75) is 12.8 Å². The van der Waals surface area contributed by atoms with Crippen molar-refractivity contribution < 1.29 is 9.59 Å². The molecule has 0 bridgehead atoms. The van der Waals surface area contributed by atoms with Gasteiger partial charge in [-0.1, -0.05) is 6.07 Å². The third-order valence-electron chi connectivity index (χ3n) is 4.12. The minimum Gasteiger partial charge on any atom is -0.356 e. The molecule has 0 atom stereocenters. The molecule has 122 valence electrons. The monoisotopic (exact) mass is 331 g/mol. The highest BCUT2D eigenvalue weighted by atomic mass is 32.1. The molecule has 23 heavy (non-hydrogen) atoms. The number of amides is 2. The van der Waals surface area contributed by atoms with Crippen LogP contribution < -0.4 is 0 Å². The largest absolute Gasteiger partial charge is 0.356 e. The lowest BCUT2D eigenvalue weighted by Gasteiger charge is -2.22. The summed E-state index contributed by atoms with van der Waals surface area (Å²) in [6.07, 6.45) is 5.01. The van der Waals surface area contributed by atoms with Crippen molar-refractivity contribution in [1.29, 1.82) is 0 Å². The summed E-state index contributed by atoms with van der Waals surface area (Å²) in [4.78, 5) is 29.7. The molecule has 3 rings (SSSR count). The molecule has 5 nitrogen and oxygen atoms in total. The number of hydrogen-bond donors (Lipinski definition) is 0. The molecule has 2 aromatic rings. The van der Waals surface area contributed by atoms with Crippen LogP contribution in [0.5, 0.6) is 0 Å². The van der Waals surface area contributed by atoms with Crippen molar-refractivity contribution in [2.75, 3.05) is 26.2 Å². The number of hydrogen-bond acceptors (Lipinski definition) is 3. The van der Waals surface area contributed by atoms with Crippen LogP contribution in [0.15, 0.2) is 36.0 Å². The molecule has 1 aliphatic rings. The maximum Gasteiger partial charge on any atom is 0.255 e. The molecule has 0 spiro atoms. The SMILES string of the molecule is Cn1ccc(C(=O)N2CCCN(C(=O)Cc3cccs3)CC2)c1. The van der Waals surface area contributed by atoms with E-state index in [-0.39, 0.29) is 11.8 Å². The minimum absolute atomic E-state index is 0.0538. The number of aryl methyl sites for hydroxylation is 1. The first-order chi connectivity index (χ1) is 11.1. The Morgan fingerprint density at radius 1 is 1.13 bits per heavy atom. The van der Waals surface area contributed by atoms with Crippen molar-refractivity contribution in [3.63, 3.8) is 0 Å². The van der Waals surface area contributed by atoms with Crippen LogP contribution in [0, 0.1) is 0 Å². The van der Waals surface area contributed by atoms with Crippen molar-refractivity contribution in [1.82, 2.24) is 14.4 Å². The number of nitrogens with zero attached hydrogens (tertiary/aromatic N) is 3. The molecule has 2 aromatic heterocycles. The zero-order valence-corrected chi connectivity index (χ0v) is 14.1. The molecular formula is C17H21N3O2S. The number of thiophene rings is 1. The van der Waals surface area contributed by atoms with Crippen molar-refractivity contribution >= 4 is 23.2 Å². The van der Waals surface area contributed by atoms with E-state index in [9.17, 15) is 9.59 Å². The van der Waals surface area contributed by atoms with Gasteiger partial charge in [0.2, 0.25) is 5.91 Å². The fraction of sp³-hybridized carbons (Fsp3) is 0.412. The van der Waals surface area contributed by atoms with Crippen LogP contribution in [0.4, 0.5) is 0 Å². The maximum atomic E-state index is 12.5. The number of carbonyl (C=O) groups is 2. The fourth-order valence-electron chi connectivity index (χ4n) is 2.86. The lowest BCUT2D eigenvalue weighted by atomic mass is 10.3. The molecule has 0 saturated carbocycles. The topological polar surface area (TPSA) is 45.6 Å². The van der Waals surface area contributed by atoms with Gasteiger partial charge >= 0.3 is 0 Å². The molecule has 0 aliphatic carbocycles. The molecule has 0 N–H and O–H groups in total. The van der Waals surface area contributed by atoms with Gasteiger partial charge in [0, 0.05) is 50.5 Å². The van der Waals surface area contributed by atoms with Crippen LogP contribution >= 0.6 is 11.3 Å². The zero-order chi connectivity index (χ0) is 16.2. The van der Waals surface area contributed by atoms with Crippen molar-refractivity contribution in [3.8, 4) is 0 Å². The summed E-state index contributed by atoms with van der Waals surface area (Å²) in [7, 11) is 1.91. The summed E-state index contributed by atoms with van der Waals surface area (Å²) in [5.74, 6) is 0.208. The van der Waals surface area contributed by atoms with Crippen molar-refractivity contribution in [3.05, 3.63) is 46.4 Å². The van der Waals surface area contributed by atoms with E-state index in [1.807, 2.05) is 57.4 Å². The Morgan fingerprint density at radius 2 is 1.91 bits per heavy atom. The Balaban J connectivity index is 1.58. The predicted molar refractivity (Wildman–Crippen MR) is 90.5 cm³/mol. The van der Waals surface area contributed by atoms with Gasteiger partial charge in [0.1, 0.15) is 0 Å². The van der Waals surface area contributed by atoms with Gasteiger partial charge in [0.15, 0.2) is 0 Å². The lowest BCUT2D eigenvalue weighted by molar-refractivity contribution is -0.130. The summed E-state index contributed by atoms with van der Waals surface area (Å²) < 4.78 is 1.88. The number of rotatable bonds is 3. The Labute approximate surface area is 140 Å². The average molecular weight is 331 g/mol. The molecule has 1 saturated heterocycles. The standard InChI is InChI=1S/C17H21N3O2S/c1-18-8-5-14(13-18)17(22)20-7-3-6-19(9-10-20)16(21)12-15-4-2-11-23-15/h2,4-5,8,11,13H,3,6-7,9-10,12H2,1H3. The highest BCUT2D eigenvalue weighted by Crippen LogP contribution is 2.13. The molecule has 0 radical (unpaired) electrons. The predicted octanol–water partition coefficient (Wildman–Crippen LogP) is 2.00. The Bertz CT molecular complexity index is 678. The van der Waals surface area contributed by atoms with Gasteiger partial charge in [-0.25, -0.2) is 0 Å². The molecule has 6 heteroatoms. The molecule has 2 amide bonds. The first-order valence-corrected chi connectivity index (χ1v) is 8.73. The van der Waals surface area contributed by atoms with Crippen molar-refractivity contribution in [2.24, 2.45) is 7.05 Å². The highest BCUT2D eigenvalue weighted by molar-refractivity contribution is 7.10. The van der Waals surface area contributed by atoms with Gasteiger partial charge in [-0.2, -0.15) is 0 Å². The van der Waals surface area contributed by atoms with E-state index in [2.05, 4.69) is 0 Å². The summed E-state index contributed by atoms with van der Waals surface area (Å²) in [6.45, 7) is 2.64. The van der Waals surface area contributed by atoms with Gasteiger partial charge in [0.25, 0.3) is 5.91 Å². The first kappa shape index (κ1) is 15.8. The molecular weight excluding hydrogens is 310 g/mol. The normalized spacial score (nSPS) is 15.5. The Kier molecular flexibility index (Phi) is 4.81. The van der Waals surface area contributed by atoms with E-state index < -0.39 is 0 Å². The quantitative estimate of drug-likeness (QED) is 0.864. The van der Waals surface area contributed by atoms with Crippen LogP contribution in [-0.2, 0) is 18.3 Å². The molecule has 1 fully saturated rings. The van der Waals surface area contributed by atoms with Crippen LogP contribution in [0.25, 0.3) is 0 Å². The van der Waals surface area contributed by atoms with Crippen LogP contribution in [0.2, 0.25) is 0 Å². The fourth-order valence-corrected chi connectivity index (χ4v) is 3.55. The van der Waals surface area contributed by atoms with Gasteiger partial charge in [0.05, 0.1) is 12.0 Å². The van der Waals surface area contributed by atoms with Gasteiger partial charge < -0.3 is 14.4 Å². The van der Waals surface area contributed by atoms with Gasteiger partial charge in [-0.15, -0.1) is 11.3 Å². The Morgan fingerprint density at radius 3 is 2.61 bits per heavy atom. The average Bonchev–Trinajstić information content (AvgIpc) is 3.12. The first-order valence-electron chi connectivity index (χ1n) is 7.85. The van der Waals surface area contributed by atoms with E-state index in [1.54, 1.807) is 11.3 Å². The van der Waals surface area contributed by atoms with Crippen LogP contribution in [-0.4, -0.2) is 52.4 Å². The second kappa shape index (κ2) is 7.00. The van der Waals surface area contributed by atoms with E-state index in [0.717, 1.165) is 17.8 Å². The van der Waals surface area contributed by atoms with Crippen LogP contribution in [0.3, 0.4) is 0 Å². The Hall–Kier alpha value is -2.08. The summed E-state index contributed by atoms with van der Waals surface area (Å²) >= 11 is 1.61. The summed E-state index contributed by atoms with van der Waals surface area (Å²) in [5.41, 5.74) is 0.714. The van der Waals surface area contributed by atoms with E-state index in [0.29, 0.717) is 31.6 Å². The number of aromatic nitrogens is 1. The minimum atomic E-state index is 0.0538. The summed E-state index contributed by atoms with van der Waals surface area (Å²) in [6, 6.07) is 5.80. The molecule has 1 aliphatic heterocycles. The van der Waals surface area contributed by atoms with E-state index in [4.69, 9.17) is 0 Å². The van der Waals surface area contributed by atoms with Gasteiger partial charge in [-0.05, 0) is 23.9 Å². The molecule has 0 unspecified atom stereocenters. The highest BCUT2D eigenvalue weighted by Gasteiger charge is 2.23. The van der Waals surface area contributed by atoms with Gasteiger partial charge in [-0.3, -0.25) is 9.59 Å². The third-order valence-corrected chi connectivity index (χ3v) is 5.00. The summed E-state index contributed by atoms with van der Waals surface area (Å²) in [5, 5.41) is 1.99. The zero-order valence-electron chi connectivity index (χ0n) is 13.3. The van der Waals surface area contributed by atoms with E-state index >= 15 is 0 Å². The third kappa shape index (κ3) is 3.82. The van der Waals surface area contributed by atoms with E-state index in [1.165, 1.54) is 0 Å². The second-order valence-corrected chi connectivity index (χ2v) is 6.88.